The van der Waals surface area contributed by atoms with Gasteiger partial charge in [-0.2, -0.15) is 0 Å². The van der Waals surface area contributed by atoms with Crippen molar-refractivity contribution >= 4 is 11.7 Å². The van der Waals surface area contributed by atoms with Crippen molar-refractivity contribution in [3.8, 4) is 11.5 Å². The second kappa shape index (κ2) is 6.30. The van der Waals surface area contributed by atoms with Gasteiger partial charge in [-0.1, -0.05) is 0 Å². The fourth-order valence-corrected chi connectivity index (χ4v) is 1.95. The van der Waals surface area contributed by atoms with Crippen LogP contribution in [0.4, 0.5) is 5.82 Å². The number of anilines is 1. The number of nitrogens with zero attached hydrogens (tertiary/aromatic N) is 2. The van der Waals surface area contributed by atoms with Crippen LogP contribution in [-0.2, 0) is 0 Å². The van der Waals surface area contributed by atoms with Crippen LogP contribution in [0.1, 0.15) is 30.2 Å². The predicted octanol–water partition coefficient (Wildman–Crippen LogP) is 1.79. The first kappa shape index (κ1) is 15.6. The molecule has 0 saturated carbocycles. The normalized spacial score (nSPS) is 10.5. The number of hydrogen-bond acceptors (Lipinski definition) is 5. The van der Waals surface area contributed by atoms with Gasteiger partial charge in [0.25, 0.3) is 11.5 Å². The zero-order valence-electron chi connectivity index (χ0n) is 12.5. The molecule has 116 valence electrons. The number of amides is 1. The Labute approximate surface area is 127 Å². The van der Waals surface area contributed by atoms with Gasteiger partial charge >= 0.3 is 0 Å². The molecule has 0 atom stereocenters. The highest BCUT2D eigenvalue weighted by atomic mass is 16.5. The van der Waals surface area contributed by atoms with Crippen LogP contribution in [-0.4, -0.2) is 27.7 Å². The molecule has 22 heavy (non-hydrogen) atoms. The summed E-state index contributed by atoms with van der Waals surface area (Å²) in [6.45, 7) is 3.71. The summed E-state index contributed by atoms with van der Waals surface area (Å²) >= 11 is 0. The van der Waals surface area contributed by atoms with Crippen LogP contribution in [0, 0.1) is 0 Å². The van der Waals surface area contributed by atoms with E-state index in [2.05, 4.69) is 10.3 Å². The minimum atomic E-state index is -0.587. The smallest absolute Gasteiger partial charge is 0.263 e. The number of ether oxygens (including phenoxy) is 1. The number of methoxy groups -OCH3 is 1. The fourth-order valence-electron chi connectivity index (χ4n) is 1.95. The molecular formula is C15H17N3O4. The molecule has 0 unspecified atom stereocenters. The van der Waals surface area contributed by atoms with E-state index in [0.717, 1.165) is 0 Å². The maximum atomic E-state index is 12.3. The van der Waals surface area contributed by atoms with Crippen molar-refractivity contribution < 1.29 is 14.6 Å². The van der Waals surface area contributed by atoms with Crippen LogP contribution < -0.4 is 15.6 Å². The van der Waals surface area contributed by atoms with Gasteiger partial charge in [-0.25, -0.2) is 4.98 Å². The van der Waals surface area contributed by atoms with E-state index in [1.807, 2.05) is 13.8 Å². The first-order valence-electron chi connectivity index (χ1n) is 6.69. The quantitative estimate of drug-likeness (QED) is 0.898. The number of nitrogens with one attached hydrogen (secondary N) is 1. The summed E-state index contributed by atoms with van der Waals surface area (Å²) < 4.78 is 6.50. The Hall–Kier alpha value is -2.83. The van der Waals surface area contributed by atoms with Gasteiger partial charge in [0, 0.05) is 18.3 Å². The summed E-state index contributed by atoms with van der Waals surface area (Å²) in [7, 11) is 1.39. The highest BCUT2D eigenvalue weighted by molar-refractivity contribution is 6.04. The fraction of sp³-hybridized carbons (Fsp3) is 0.267. The molecular weight excluding hydrogens is 286 g/mol. The first-order chi connectivity index (χ1) is 10.4. The molecule has 2 aromatic rings. The molecule has 0 aliphatic heterocycles. The number of aromatic hydroxyl groups is 1. The molecule has 0 radical (unpaired) electrons. The minimum absolute atomic E-state index is 0.00753. The van der Waals surface area contributed by atoms with E-state index in [-0.39, 0.29) is 34.5 Å². The van der Waals surface area contributed by atoms with Crippen LogP contribution in [0.15, 0.2) is 35.4 Å². The molecule has 0 spiro atoms. The Morgan fingerprint density at radius 3 is 2.82 bits per heavy atom. The van der Waals surface area contributed by atoms with Gasteiger partial charge in [0.15, 0.2) is 11.6 Å². The number of rotatable bonds is 4. The van der Waals surface area contributed by atoms with Crippen LogP contribution in [0.3, 0.4) is 0 Å². The molecule has 1 amide bonds. The van der Waals surface area contributed by atoms with Crippen molar-refractivity contribution in [2.24, 2.45) is 0 Å². The molecule has 2 heterocycles. The molecule has 7 nitrogen and oxygen atoms in total. The van der Waals surface area contributed by atoms with Crippen LogP contribution in [0.25, 0.3) is 0 Å². The maximum Gasteiger partial charge on any atom is 0.263 e. The highest BCUT2D eigenvalue weighted by Gasteiger charge is 2.16. The van der Waals surface area contributed by atoms with Crippen LogP contribution in [0.5, 0.6) is 11.5 Å². The monoisotopic (exact) mass is 303 g/mol. The van der Waals surface area contributed by atoms with Gasteiger partial charge in [-0.3, -0.25) is 9.59 Å². The van der Waals surface area contributed by atoms with Crippen molar-refractivity contribution in [1.29, 1.82) is 0 Å². The molecule has 2 rings (SSSR count). The average molecular weight is 303 g/mol. The first-order valence-corrected chi connectivity index (χ1v) is 6.69. The average Bonchev–Trinajstić information content (AvgIpc) is 2.48. The molecule has 2 N–H and O–H groups in total. The van der Waals surface area contributed by atoms with E-state index in [1.165, 1.54) is 30.0 Å². The number of carbonyl (C=O) groups is 1. The van der Waals surface area contributed by atoms with Gasteiger partial charge in [-0.05, 0) is 26.0 Å². The largest absolute Gasteiger partial charge is 0.506 e. The Bertz CT molecular complexity index is 753. The maximum absolute atomic E-state index is 12.3. The van der Waals surface area contributed by atoms with E-state index in [9.17, 15) is 14.7 Å². The van der Waals surface area contributed by atoms with Crippen molar-refractivity contribution in [3.05, 3.63) is 46.5 Å². The third kappa shape index (κ3) is 3.08. The Morgan fingerprint density at radius 1 is 1.45 bits per heavy atom. The van der Waals surface area contributed by atoms with Gasteiger partial charge in [0.05, 0.1) is 13.3 Å². The SMILES string of the molecule is COc1cc(O)cnc1NC(=O)c1cccn(C(C)C)c1=O. The van der Waals surface area contributed by atoms with E-state index in [1.54, 1.807) is 12.3 Å². The summed E-state index contributed by atoms with van der Waals surface area (Å²) in [5.41, 5.74) is -0.374. The Balaban J connectivity index is 2.35. The number of carbonyl (C=O) groups excluding carboxylic acids is 1. The summed E-state index contributed by atoms with van der Waals surface area (Å²) in [6, 6.07) is 4.35. The second-order valence-electron chi connectivity index (χ2n) is 4.93. The summed E-state index contributed by atoms with van der Waals surface area (Å²) in [5.74, 6) is -0.341. The van der Waals surface area contributed by atoms with Crippen LogP contribution in [0.2, 0.25) is 0 Å². The van der Waals surface area contributed by atoms with E-state index in [0.29, 0.717) is 0 Å². The standard InChI is InChI=1S/C15H17N3O4/c1-9(2)18-6-4-5-11(15(18)21)14(20)17-13-12(22-3)7-10(19)8-16-13/h4-9,19H,1-3H3,(H,16,17,20). The van der Waals surface area contributed by atoms with Gasteiger partial charge < -0.3 is 19.7 Å². The summed E-state index contributed by atoms with van der Waals surface area (Å²) in [6.07, 6.45) is 2.80. The van der Waals surface area contributed by atoms with Gasteiger partial charge in [0.1, 0.15) is 11.3 Å². The summed E-state index contributed by atoms with van der Waals surface area (Å²) in [4.78, 5) is 28.4. The second-order valence-corrected chi connectivity index (χ2v) is 4.93. The van der Waals surface area contributed by atoms with E-state index >= 15 is 0 Å². The Kier molecular flexibility index (Phi) is 4.45. The zero-order valence-corrected chi connectivity index (χ0v) is 12.5. The van der Waals surface area contributed by atoms with Gasteiger partial charge in [-0.15, -0.1) is 0 Å². The molecule has 2 aromatic heterocycles. The number of pyridine rings is 2. The Morgan fingerprint density at radius 2 is 2.18 bits per heavy atom. The lowest BCUT2D eigenvalue weighted by Crippen LogP contribution is -2.29. The molecule has 0 fully saturated rings. The predicted molar refractivity (Wildman–Crippen MR) is 81.5 cm³/mol. The third-order valence-electron chi connectivity index (χ3n) is 3.07. The molecule has 0 aromatic carbocycles. The van der Waals surface area contributed by atoms with E-state index < -0.39 is 5.91 Å². The third-order valence-corrected chi connectivity index (χ3v) is 3.07. The topological polar surface area (TPSA) is 93.4 Å². The highest BCUT2D eigenvalue weighted by Crippen LogP contribution is 2.25. The molecule has 0 bridgehead atoms. The van der Waals surface area contributed by atoms with Crippen molar-refractivity contribution in [2.45, 2.75) is 19.9 Å². The lowest BCUT2D eigenvalue weighted by Gasteiger charge is -2.12. The van der Waals surface area contributed by atoms with Crippen molar-refractivity contribution in [1.82, 2.24) is 9.55 Å². The number of aromatic nitrogens is 2. The minimum Gasteiger partial charge on any atom is -0.506 e. The lowest BCUT2D eigenvalue weighted by atomic mass is 10.2. The molecule has 7 heteroatoms. The number of hydrogen-bond donors (Lipinski definition) is 2. The molecule has 0 aliphatic rings. The van der Waals surface area contributed by atoms with Crippen molar-refractivity contribution in [3.63, 3.8) is 0 Å². The van der Waals surface area contributed by atoms with E-state index in [4.69, 9.17) is 4.74 Å². The molecule has 0 aliphatic carbocycles. The zero-order chi connectivity index (χ0) is 16.3. The van der Waals surface area contributed by atoms with Crippen molar-refractivity contribution in [2.75, 3.05) is 12.4 Å². The van der Waals surface area contributed by atoms with Gasteiger partial charge in [0.2, 0.25) is 0 Å². The summed E-state index contributed by atoms with van der Waals surface area (Å²) in [5, 5.41) is 11.9. The van der Waals surface area contributed by atoms with Crippen LogP contribution >= 0.6 is 0 Å². The molecule has 0 saturated heterocycles. The lowest BCUT2D eigenvalue weighted by molar-refractivity contribution is 0.102.